The van der Waals surface area contributed by atoms with Gasteiger partial charge in [-0.2, -0.15) is 0 Å². The van der Waals surface area contributed by atoms with Gasteiger partial charge in [0.15, 0.2) is 0 Å². The van der Waals surface area contributed by atoms with Crippen LogP contribution in [0, 0.1) is 6.92 Å². The normalized spacial score (nSPS) is 23.2. The SMILES string of the molecule is Cc1cccc2c1SC(=C(C(N)=O)C(N)=N[C@@H]1CCCNC1)N2. The molecule has 2 aliphatic heterocycles. The van der Waals surface area contributed by atoms with Crippen molar-refractivity contribution in [3.63, 3.8) is 0 Å². The average molecular weight is 331 g/mol. The van der Waals surface area contributed by atoms with Gasteiger partial charge < -0.3 is 22.1 Å². The summed E-state index contributed by atoms with van der Waals surface area (Å²) in [4.78, 5) is 17.5. The lowest BCUT2D eigenvalue weighted by molar-refractivity contribution is -0.114. The second kappa shape index (κ2) is 6.64. The Kier molecular flexibility index (Phi) is 4.58. The molecule has 6 nitrogen and oxygen atoms in total. The van der Waals surface area contributed by atoms with Gasteiger partial charge in [-0.05, 0) is 37.9 Å². The summed E-state index contributed by atoms with van der Waals surface area (Å²) in [5.74, 6) is -0.345. The molecule has 1 atom stereocenters. The highest BCUT2D eigenvalue weighted by Gasteiger charge is 2.26. The second-order valence-corrected chi connectivity index (χ2v) is 6.78. The number of nitrogens with zero attached hydrogens (tertiary/aromatic N) is 1. The van der Waals surface area contributed by atoms with E-state index in [2.05, 4.69) is 15.6 Å². The Labute approximate surface area is 139 Å². The van der Waals surface area contributed by atoms with Gasteiger partial charge in [0.05, 0.1) is 16.8 Å². The van der Waals surface area contributed by atoms with Crippen LogP contribution in [0.2, 0.25) is 0 Å². The smallest absolute Gasteiger partial charge is 0.255 e. The number of carbonyl (C=O) groups excluding carboxylic acids is 1. The van der Waals surface area contributed by atoms with Crippen molar-refractivity contribution in [1.29, 1.82) is 0 Å². The number of fused-ring (bicyclic) bond motifs is 1. The van der Waals surface area contributed by atoms with Crippen molar-refractivity contribution in [1.82, 2.24) is 5.32 Å². The minimum atomic E-state index is -0.560. The van der Waals surface area contributed by atoms with E-state index >= 15 is 0 Å². The molecule has 2 heterocycles. The number of rotatable bonds is 3. The van der Waals surface area contributed by atoms with Crippen molar-refractivity contribution in [2.75, 3.05) is 18.4 Å². The van der Waals surface area contributed by atoms with Crippen molar-refractivity contribution >= 4 is 29.2 Å². The zero-order valence-electron chi connectivity index (χ0n) is 13.1. The number of aliphatic imine (C=N–C) groups is 1. The third-order valence-electron chi connectivity index (χ3n) is 3.99. The minimum absolute atomic E-state index is 0.0919. The largest absolute Gasteiger partial charge is 0.383 e. The van der Waals surface area contributed by atoms with Gasteiger partial charge in [-0.15, -0.1) is 0 Å². The molecule has 0 aromatic heterocycles. The number of primary amides is 1. The van der Waals surface area contributed by atoms with Crippen molar-refractivity contribution in [2.45, 2.75) is 30.7 Å². The Morgan fingerprint density at radius 1 is 1.39 bits per heavy atom. The van der Waals surface area contributed by atoms with E-state index in [4.69, 9.17) is 11.5 Å². The predicted molar refractivity (Wildman–Crippen MR) is 94.4 cm³/mol. The standard InChI is InChI=1S/C16H21N5OS/c1-9-4-2-6-11-13(9)23-16(21-11)12(15(18)22)14(17)20-10-5-3-7-19-8-10/h2,4,6,10,19,21H,3,5,7-8H2,1H3,(H2,17,20)(H2,18,22)/t10-/m1/s1. The van der Waals surface area contributed by atoms with Gasteiger partial charge in [0.2, 0.25) is 0 Å². The first kappa shape index (κ1) is 15.9. The fraction of sp³-hybridized carbons (Fsp3) is 0.375. The number of piperidine rings is 1. The molecule has 122 valence electrons. The number of benzene rings is 1. The van der Waals surface area contributed by atoms with Gasteiger partial charge in [0, 0.05) is 11.4 Å². The average Bonchev–Trinajstić information content (AvgIpc) is 2.93. The summed E-state index contributed by atoms with van der Waals surface area (Å²) in [6, 6.07) is 6.07. The first-order valence-corrected chi connectivity index (χ1v) is 8.51. The van der Waals surface area contributed by atoms with E-state index in [0.717, 1.165) is 42.1 Å². The van der Waals surface area contributed by atoms with Crippen molar-refractivity contribution in [3.8, 4) is 0 Å². The molecule has 0 radical (unpaired) electrons. The number of amidine groups is 1. The van der Waals surface area contributed by atoms with Crippen LogP contribution in [-0.4, -0.2) is 30.9 Å². The maximum absolute atomic E-state index is 11.9. The molecule has 1 saturated heterocycles. The summed E-state index contributed by atoms with van der Waals surface area (Å²) in [7, 11) is 0. The summed E-state index contributed by atoms with van der Waals surface area (Å²) in [6.45, 7) is 3.81. The molecule has 0 unspecified atom stereocenters. The first-order chi connectivity index (χ1) is 11.1. The van der Waals surface area contributed by atoms with Crippen LogP contribution in [-0.2, 0) is 4.79 Å². The molecule has 1 amide bonds. The monoisotopic (exact) mass is 331 g/mol. The van der Waals surface area contributed by atoms with Crippen LogP contribution in [0.1, 0.15) is 18.4 Å². The van der Waals surface area contributed by atoms with Crippen LogP contribution in [0.25, 0.3) is 0 Å². The third-order valence-corrected chi connectivity index (χ3v) is 5.24. The number of aryl methyl sites for hydroxylation is 1. The number of amides is 1. The molecule has 23 heavy (non-hydrogen) atoms. The quantitative estimate of drug-likeness (QED) is 0.380. The highest BCUT2D eigenvalue weighted by Crippen LogP contribution is 2.44. The minimum Gasteiger partial charge on any atom is -0.383 e. The number of thioether (sulfide) groups is 1. The highest BCUT2D eigenvalue weighted by atomic mass is 32.2. The van der Waals surface area contributed by atoms with Crippen LogP contribution in [0.4, 0.5) is 5.69 Å². The zero-order valence-corrected chi connectivity index (χ0v) is 13.9. The summed E-state index contributed by atoms with van der Waals surface area (Å²) in [5.41, 5.74) is 14.1. The third kappa shape index (κ3) is 3.35. The zero-order chi connectivity index (χ0) is 16.4. The van der Waals surface area contributed by atoms with E-state index < -0.39 is 5.91 Å². The molecule has 1 fully saturated rings. The lowest BCUT2D eigenvalue weighted by Crippen LogP contribution is -2.36. The van der Waals surface area contributed by atoms with Gasteiger partial charge in [-0.1, -0.05) is 23.9 Å². The molecule has 2 aliphatic rings. The number of anilines is 1. The molecule has 3 rings (SSSR count). The van der Waals surface area contributed by atoms with Crippen LogP contribution in [0.3, 0.4) is 0 Å². The predicted octanol–water partition coefficient (Wildman–Crippen LogP) is 1.32. The fourth-order valence-corrected chi connectivity index (χ4v) is 3.94. The van der Waals surface area contributed by atoms with Crippen molar-refractivity contribution in [2.24, 2.45) is 16.5 Å². The fourth-order valence-electron chi connectivity index (χ4n) is 2.81. The Balaban J connectivity index is 1.92. The van der Waals surface area contributed by atoms with E-state index in [9.17, 15) is 4.79 Å². The van der Waals surface area contributed by atoms with E-state index in [1.54, 1.807) is 0 Å². The number of carbonyl (C=O) groups is 1. The maximum Gasteiger partial charge on any atom is 0.255 e. The topological polar surface area (TPSA) is 106 Å². The van der Waals surface area contributed by atoms with E-state index in [0.29, 0.717) is 5.03 Å². The first-order valence-electron chi connectivity index (χ1n) is 7.69. The number of hydrogen-bond donors (Lipinski definition) is 4. The summed E-state index contributed by atoms with van der Waals surface area (Å²) >= 11 is 1.48. The molecular weight excluding hydrogens is 310 g/mol. The van der Waals surface area contributed by atoms with Crippen LogP contribution in [0.15, 0.2) is 38.7 Å². The van der Waals surface area contributed by atoms with Crippen LogP contribution in [0.5, 0.6) is 0 Å². The van der Waals surface area contributed by atoms with E-state index in [-0.39, 0.29) is 17.5 Å². The molecule has 1 aromatic carbocycles. The number of nitrogens with one attached hydrogen (secondary N) is 2. The highest BCUT2D eigenvalue weighted by molar-refractivity contribution is 8.03. The van der Waals surface area contributed by atoms with Crippen LogP contribution >= 0.6 is 11.8 Å². The molecular formula is C16H21N5OS. The lowest BCUT2D eigenvalue weighted by Gasteiger charge is -2.20. The maximum atomic E-state index is 11.9. The Hall–Kier alpha value is -1.99. The van der Waals surface area contributed by atoms with Gasteiger partial charge in [-0.3, -0.25) is 9.79 Å². The molecule has 0 aliphatic carbocycles. The Morgan fingerprint density at radius 2 is 2.22 bits per heavy atom. The summed E-state index contributed by atoms with van der Waals surface area (Å²) in [6.07, 6.45) is 2.02. The van der Waals surface area contributed by atoms with Crippen LogP contribution < -0.4 is 22.1 Å². The van der Waals surface area contributed by atoms with E-state index in [1.807, 2.05) is 25.1 Å². The van der Waals surface area contributed by atoms with Crippen molar-refractivity contribution < 1.29 is 4.79 Å². The van der Waals surface area contributed by atoms with E-state index in [1.165, 1.54) is 11.8 Å². The van der Waals surface area contributed by atoms with Crippen molar-refractivity contribution in [3.05, 3.63) is 34.4 Å². The molecule has 0 spiro atoms. The molecule has 0 saturated carbocycles. The summed E-state index contributed by atoms with van der Waals surface area (Å²) < 4.78 is 0. The lowest BCUT2D eigenvalue weighted by atomic mass is 10.1. The summed E-state index contributed by atoms with van der Waals surface area (Å²) in [5, 5.41) is 7.18. The number of hydrogen-bond acceptors (Lipinski definition) is 5. The van der Waals surface area contributed by atoms with Gasteiger partial charge >= 0.3 is 0 Å². The van der Waals surface area contributed by atoms with Gasteiger partial charge in [0.25, 0.3) is 5.91 Å². The van der Waals surface area contributed by atoms with Gasteiger partial charge in [0.1, 0.15) is 11.4 Å². The molecule has 1 aromatic rings. The Morgan fingerprint density at radius 3 is 2.87 bits per heavy atom. The molecule has 0 bridgehead atoms. The molecule has 6 N–H and O–H groups in total. The number of nitrogens with two attached hydrogens (primary N) is 2. The Bertz CT molecular complexity index is 692. The van der Waals surface area contributed by atoms with Gasteiger partial charge in [-0.25, -0.2) is 0 Å². The second-order valence-electron chi connectivity index (χ2n) is 5.76. The molecule has 7 heteroatoms.